The molecule has 1 aromatic heterocycles. The van der Waals surface area contributed by atoms with Crippen molar-refractivity contribution in [2.24, 2.45) is 12.2 Å². The number of carbonyl (C=O) groups is 1. The van der Waals surface area contributed by atoms with Gasteiger partial charge in [-0.1, -0.05) is 33.2 Å². The van der Waals surface area contributed by atoms with Gasteiger partial charge in [-0.3, -0.25) is 9.48 Å². The number of rotatable bonds is 4. The number of nitrogens with zero attached hydrogens (tertiary/aromatic N) is 3. The predicted octanol–water partition coefficient (Wildman–Crippen LogP) is 3.19. The average molecular weight is 389 g/mol. The van der Waals surface area contributed by atoms with Crippen molar-refractivity contribution in [1.82, 2.24) is 9.78 Å². The third-order valence-corrected chi connectivity index (χ3v) is 4.76. The molecule has 24 heavy (non-hydrogen) atoms. The first kappa shape index (κ1) is 15.4. The number of hydrogen-bond donors (Lipinski definition) is 1. The molecule has 4 rings (SSSR count). The van der Waals surface area contributed by atoms with E-state index in [4.69, 9.17) is 4.84 Å². The summed E-state index contributed by atoms with van der Waals surface area (Å²) < 4.78 is 2.68. The molecule has 0 spiro atoms. The zero-order valence-electron chi connectivity index (χ0n) is 13.2. The summed E-state index contributed by atoms with van der Waals surface area (Å²) in [4.78, 5) is 17.8. The quantitative estimate of drug-likeness (QED) is 0.874. The van der Waals surface area contributed by atoms with Crippen LogP contribution in [0, 0.1) is 0 Å². The SMILES string of the molecule is Cn1nc(C2CC2)cc1NC(=O)C1CC(c2cccc(Br)c2)=NO1. The van der Waals surface area contributed by atoms with Gasteiger partial charge in [-0.2, -0.15) is 5.10 Å². The highest BCUT2D eigenvalue weighted by Crippen LogP contribution is 2.40. The molecule has 124 valence electrons. The van der Waals surface area contributed by atoms with Crippen LogP contribution in [-0.4, -0.2) is 27.5 Å². The van der Waals surface area contributed by atoms with Crippen molar-refractivity contribution in [3.63, 3.8) is 0 Å². The summed E-state index contributed by atoms with van der Waals surface area (Å²) in [6, 6.07) is 9.75. The second kappa shape index (κ2) is 6.05. The smallest absolute Gasteiger partial charge is 0.269 e. The first-order chi connectivity index (χ1) is 11.6. The van der Waals surface area contributed by atoms with Crippen LogP contribution in [0.5, 0.6) is 0 Å². The zero-order valence-corrected chi connectivity index (χ0v) is 14.8. The van der Waals surface area contributed by atoms with Gasteiger partial charge in [-0.25, -0.2) is 0 Å². The second-order valence-electron chi connectivity index (χ2n) is 6.19. The lowest BCUT2D eigenvalue weighted by Gasteiger charge is -2.09. The van der Waals surface area contributed by atoms with E-state index in [0.717, 1.165) is 21.4 Å². The number of aryl methyl sites for hydroxylation is 1. The highest BCUT2D eigenvalue weighted by molar-refractivity contribution is 9.10. The lowest BCUT2D eigenvalue weighted by atomic mass is 10.0. The largest absolute Gasteiger partial charge is 0.382 e. The van der Waals surface area contributed by atoms with E-state index in [9.17, 15) is 4.79 Å². The van der Waals surface area contributed by atoms with Gasteiger partial charge in [0.1, 0.15) is 5.82 Å². The van der Waals surface area contributed by atoms with Gasteiger partial charge < -0.3 is 10.2 Å². The maximum atomic E-state index is 12.4. The molecule has 1 unspecified atom stereocenters. The summed E-state index contributed by atoms with van der Waals surface area (Å²) in [6.45, 7) is 0. The van der Waals surface area contributed by atoms with Crippen LogP contribution in [-0.2, 0) is 16.7 Å². The zero-order chi connectivity index (χ0) is 16.7. The number of benzene rings is 1. The molecule has 0 saturated heterocycles. The molecule has 1 amide bonds. The van der Waals surface area contributed by atoms with E-state index in [1.165, 1.54) is 12.8 Å². The molecular weight excluding hydrogens is 372 g/mol. The van der Waals surface area contributed by atoms with Gasteiger partial charge in [-0.05, 0) is 25.0 Å². The third-order valence-electron chi connectivity index (χ3n) is 4.26. The maximum Gasteiger partial charge on any atom is 0.269 e. The van der Waals surface area contributed by atoms with Crippen molar-refractivity contribution >= 4 is 33.4 Å². The minimum atomic E-state index is -0.613. The second-order valence-corrected chi connectivity index (χ2v) is 7.10. The minimum Gasteiger partial charge on any atom is -0.382 e. The van der Waals surface area contributed by atoms with Crippen molar-refractivity contribution in [2.75, 3.05) is 5.32 Å². The van der Waals surface area contributed by atoms with Crippen molar-refractivity contribution in [3.05, 3.63) is 46.1 Å². The molecule has 1 aromatic carbocycles. The minimum absolute atomic E-state index is 0.200. The standard InChI is InChI=1S/C17H17BrN4O2/c1-22-16(9-13(20-22)10-5-6-10)19-17(23)15-8-14(21-24-15)11-3-2-4-12(18)7-11/h2-4,7,9-10,15H,5-6,8H2,1H3,(H,19,23). The van der Waals surface area contributed by atoms with E-state index in [2.05, 4.69) is 31.5 Å². The number of nitrogens with one attached hydrogen (secondary N) is 1. The molecule has 2 heterocycles. The van der Waals surface area contributed by atoms with Gasteiger partial charge >= 0.3 is 0 Å². The fourth-order valence-electron chi connectivity index (χ4n) is 2.75. The molecule has 6 nitrogen and oxygen atoms in total. The highest BCUT2D eigenvalue weighted by atomic mass is 79.9. The molecule has 1 N–H and O–H groups in total. The van der Waals surface area contributed by atoms with E-state index in [0.29, 0.717) is 18.2 Å². The average Bonchev–Trinajstić information content (AvgIpc) is 3.17. The Morgan fingerprint density at radius 3 is 2.96 bits per heavy atom. The van der Waals surface area contributed by atoms with Crippen LogP contribution >= 0.6 is 15.9 Å². The van der Waals surface area contributed by atoms with Gasteiger partial charge in [-0.15, -0.1) is 0 Å². The first-order valence-corrected chi connectivity index (χ1v) is 8.73. The first-order valence-electron chi connectivity index (χ1n) is 7.93. The number of oxime groups is 1. The molecular formula is C17H17BrN4O2. The molecule has 1 saturated carbocycles. The van der Waals surface area contributed by atoms with Crippen LogP contribution < -0.4 is 5.32 Å². The Hall–Kier alpha value is -2.15. The number of hydrogen-bond acceptors (Lipinski definition) is 4. The molecule has 1 atom stereocenters. The molecule has 1 aliphatic heterocycles. The van der Waals surface area contributed by atoms with Crippen LogP contribution in [0.1, 0.15) is 36.4 Å². The van der Waals surface area contributed by atoms with Crippen molar-refractivity contribution in [3.8, 4) is 0 Å². The van der Waals surface area contributed by atoms with Gasteiger partial charge in [0.2, 0.25) is 6.10 Å². The van der Waals surface area contributed by atoms with E-state index in [-0.39, 0.29) is 5.91 Å². The van der Waals surface area contributed by atoms with E-state index in [1.54, 1.807) is 4.68 Å². The Morgan fingerprint density at radius 2 is 2.21 bits per heavy atom. The Balaban J connectivity index is 1.41. The molecule has 0 radical (unpaired) electrons. The molecule has 2 aromatic rings. The fraction of sp³-hybridized carbons (Fsp3) is 0.353. The number of amides is 1. The lowest BCUT2D eigenvalue weighted by Crippen LogP contribution is -2.28. The van der Waals surface area contributed by atoms with Crippen molar-refractivity contribution in [2.45, 2.75) is 31.3 Å². The highest BCUT2D eigenvalue weighted by Gasteiger charge is 2.31. The molecule has 1 aliphatic carbocycles. The Labute approximate surface area is 148 Å². The number of carbonyl (C=O) groups excluding carboxylic acids is 1. The van der Waals surface area contributed by atoms with Crippen LogP contribution in [0.3, 0.4) is 0 Å². The van der Waals surface area contributed by atoms with E-state index in [1.807, 2.05) is 37.4 Å². The summed E-state index contributed by atoms with van der Waals surface area (Å²) >= 11 is 3.44. The fourth-order valence-corrected chi connectivity index (χ4v) is 3.15. The number of anilines is 1. The molecule has 7 heteroatoms. The summed E-state index contributed by atoms with van der Waals surface area (Å²) in [6.07, 6.45) is 2.20. The third kappa shape index (κ3) is 3.08. The van der Waals surface area contributed by atoms with Crippen LogP contribution in [0.2, 0.25) is 0 Å². The van der Waals surface area contributed by atoms with Gasteiger partial charge in [0.05, 0.1) is 11.4 Å². The summed E-state index contributed by atoms with van der Waals surface area (Å²) in [5.74, 6) is 1.05. The Bertz CT molecular complexity index is 826. The van der Waals surface area contributed by atoms with Gasteiger partial charge in [0.25, 0.3) is 5.91 Å². The van der Waals surface area contributed by atoms with Crippen molar-refractivity contribution < 1.29 is 9.63 Å². The lowest BCUT2D eigenvalue weighted by molar-refractivity contribution is -0.125. The monoisotopic (exact) mass is 388 g/mol. The normalized spacial score (nSPS) is 19.8. The van der Waals surface area contributed by atoms with Gasteiger partial charge in [0, 0.05) is 35.5 Å². The van der Waals surface area contributed by atoms with Gasteiger partial charge in [0.15, 0.2) is 0 Å². The Morgan fingerprint density at radius 1 is 1.38 bits per heavy atom. The predicted molar refractivity (Wildman–Crippen MR) is 94.0 cm³/mol. The van der Waals surface area contributed by atoms with Crippen LogP contribution in [0.15, 0.2) is 40.0 Å². The molecule has 1 fully saturated rings. The molecule has 0 bridgehead atoms. The summed E-state index contributed by atoms with van der Waals surface area (Å²) in [5, 5.41) is 11.4. The summed E-state index contributed by atoms with van der Waals surface area (Å²) in [7, 11) is 1.83. The Kier molecular flexibility index (Phi) is 3.88. The topological polar surface area (TPSA) is 68.5 Å². The maximum absolute atomic E-state index is 12.4. The van der Waals surface area contributed by atoms with E-state index >= 15 is 0 Å². The van der Waals surface area contributed by atoms with Crippen LogP contribution in [0.4, 0.5) is 5.82 Å². The summed E-state index contributed by atoms with van der Waals surface area (Å²) in [5.41, 5.74) is 2.78. The van der Waals surface area contributed by atoms with Crippen LogP contribution in [0.25, 0.3) is 0 Å². The van der Waals surface area contributed by atoms with Crippen molar-refractivity contribution in [1.29, 1.82) is 0 Å². The molecule has 2 aliphatic rings. The number of halogens is 1. The van der Waals surface area contributed by atoms with E-state index < -0.39 is 6.10 Å². The number of aromatic nitrogens is 2.